The number of benzene rings is 1. The van der Waals surface area contributed by atoms with Gasteiger partial charge in [0.15, 0.2) is 0 Å². The first kappa shape index (κ1) is 17.1. The van der Waals surface area contributed by atoms with Crippen LogP contribution >= 0.6 is 0 Å². The van der Waals surface area contributed by atoms with E-state index < -0.39 is 4.92 Å². The zero-order valence-corrected chi connectivity index (χ0v) is 12.7. The Morgan fingerprint density at radius 3 is 2.43 bits per heavy atom. The van der Waals surface area contributed by atoms with Crippen LogP contribution in [0.4, 0.5) is 5.69 Å². The standard InChI is InChI=1S/C15H22N2O4/c1-4-15(5-2,10-18)9-16-14(19)13-7-6-12(17(20)21)8-11(13)3/h6-8,18H,4-5,9-10H2,1-3H3,(H,16,19). The maximum absolute atomic E-state index is 12.2. The molecule has 0 aliphatic rings. The summed E-state index contributed by atoms with van der Waals surface area (Å²) >= 11 is 0. The molecule has 1 amide bonds. The van der Waals surface area contributed by atoms with Crippen LogP contribution in [0.25, 0.3) is 0 Å². The van der Waals surface area contributed by atoms with Crippen molar-refractivity contribution < 1.29 is 14.8 Å². The molecular weight excluding hydrogens is 272 g/mol. The number of carbonyl (C=O) groups is 1. The van der Waals surface area contributed by atoms with Crippen LogP contribution in [0.1, 0.15) is 42.6 Å². The van der Waals surface area contributed by atoms with E-state index in [1.54, 1.807) is 6.92 Å². The van der Waals surface area contributed by atoms with Crippen LogP contribution < -0.4 is 5.32 Å². The number of aryl methyl sites for hydroxylation is 1. The third kappa shape index (κ3) is 4.01. The Labute approximate surface area is 124 Å². The van der Waals surface area contributed by atoms with Crippen LogP contribution in [0.5, 0.6) is 0 Å². The number of non-ortho nitro benzene ring substituents is 1. The van der Waals surface area contributed by atoms with Gasteiger partial charge in [0.25, 0.3) is 11.6 Å². The van der Waals surface area contributed by atoms with Crippen molar-refractivity contribution in [1.82, 2.24) is 5.32 Å². The predicted molar refractivity (Wildman–Crippen MR) is 80.3 cm³/mol. The van der Waals surface area contributed by atoms with E-state index in [-0.39, 0.29) is 23.6 Å². The Bertz CT molecular complexity index is 516. The molecule has 1 aromatic carbocycles. The summed E-state index contributed by atoms with van der Waals surface area (Å²) in [4.78, 5) is 22.4. The monoisotopic (exact) mass is 294 g/mol. The second-order valence-corrected chi connectivity index (χ2v) is 5.30. The summed E-state index contributed by atoms with van der Waals surface area (Å²) in [5.41, 5.74) is 0.629. The van der Waals surface area contributed by atoms with Gasteiger partial charge >= 0.3 is 0 Å². The highest BCUT2D eigenvalue weighted by molar-refractivity contribution is 5.95. The molecule has 1 rings (SSSR count). The average molecular weight is 294 g/mol. The molecule has 6 nitrogen and oxygen atoms in total. The molecule has 6 heteroatoms. The molecule has 0 unspecified atom stereocenters. The summed E-state index contributed by atoms with van der Waals surface area (Å²) < 4.78 is 0. The van der Waals surface area contributed by atoms with E-state index in [0.717, 1.165) is 12.8 Å². The highest BCUT2D eigenvalue weighted by atomic mass is 16.6. The van der Waals surface area contributed by atoms with Gasteiger partial charge in [-0.15, -0.1) is 0 Å². The van der Waals surface area contributed by atoms with Gasteiger partial charge in [0.05, 0.1) is 11.5 Å². The van der Waals surface area contributed by atoms with Gasteiger partial charge < -0.3 is 10.4 Å². The van der Waals surface area contributed by atoms with Crippen LogP contribution in [0.15, 0.2) is 18.2 Å². The van der Waals surface area contributed by atoms with E-state index in [1.165, 1.54) is 18.2 Å². The largest absolute Gasteiger partial charge is 0.396 e. The van der Waals surface area contributed by atoms with Crippen molar-refractivity contribution in [2.24, 2.45) is 5.41 Å². The van der Waals surface area contributed by atoms with E-state index in [0.29, 0.717) is 17.7 Å². The van der Waals surface area contributed by atoms with Gasteiger partial charge in [-0.2, -0.15) is 0 Å². The minimum absolute atomic E-state index is 0.0134. The number of hydrogen-bond donors (Lipinski definition) is 2. The van der Waals surface area contributed by atoms with E-state index in [1.807, 2.05) is 13.8 Å². The quantitative estimate of drug-likeness (QED) is 0.596. The Balaban J connectivity index is 2.83. The predicted octanol–water partition coefficient (Wildman–Crippen LogP) is 2.43. The average Bonchev–Trinajstić information content (AvgIpc) is 2.48. The normalized spacial score (nSPS) is 11.2. The van der Waals surface area contributed by atoms with Crippen LogP contribution in [0.2, 0.25) is 0 Å². The Morgan fingerprint density at radius 1 is 1.38 bits per heavy atom. The van der Waals surface area contributed by atoms with E-state index in [2.05, 4.69) is 5.32 Å². The van der Waals surface area contributed by atoms with Crippen molar-refractivity contribution in [2.45, 2.75) is 33.6 Å². The first-order valence-electron chi connectivity index (χ1n) is 7.03. The number of amides is 1. The summed E-state index contributed by atoms with van der Waals surface area (Å²) in [6.07, 6.45) is 1.53. The fraction of sp³-hybridized carbons (Fsp3) is 0.533. The number of nitro groups is 1. The van der Waals surface area contributed by atoms with E-state index >= 15 is 0 Å². The van der Waals surface area contributed by atoms with Crippen molar-refractivity contribution in [2.75, 3.05) is 13.2 Å². The van der Waals surface area contributed by atoms with Crippen molar-refractivity contribution in [1.29, 1.82) is 0 Å². The lowest BCUT2D eigenvalue weighted by Gasteiger charge is -2.29. The number of aliphatic hydroxyl groups is 1. The van der Waals surface area contributed by atoms with Crippen LogP contribution in [0, 0.1) is 22.5 Å². The minimum Gasteiger partial charge on any atom is -0.396 e. The number of nitrogens with one attached hydrogen (secondary N) is 1. The number of rotatable bonds is 7. The van der Waals surface area contributed by atoms with Gasteiger partial charge in [-0.1, -0.05) is 13.8 Å². The molecule has 2 N–H and O–H groups in total. The molecule has 0 saturated carbocycles. The number of nitro benzene ring substituents is 1. The van der Waals surface area contributed by atoms with Crippen molar-refractivity contribution in [3.63, 3.8) is 0 Å². The smallest absolute Gasteiger partial charge is 0.269 e. The van der Waals surface area contributed by atoms with Gasteiger partial charge in [-0.3, -0.25) is 14.9 Å². The molecular formula is C15H22N2O4. The lowest BCUT2D eigenvalue weighted by Crippen LogP contribution is -2.39. The van der Waals surface area contributed by atoms with Crippen molar-refractivity contribution in [3.8, 4) is 0 Å². The summed E-state index contributed by atoms with van der Waals surface area (Å²) in [5.74, 6) is -0.276. The van der Waals surface area contributed by atoms with Gasteiger partial charge in [0.2, 0.25) is 0 Å². The maximum atomic E-state index is 12.2. The highest BCUT2D eigenvalue weighted by Crippen LogP contribution is 2.25. The van der Waals surface area contributed by atoms with Gasteiger partial charge in [-0.25, -0.2) is 0 Å². The first-order chi connectivity index (χ1) is 9.89. The van der Waals surface area contributed by atoms with E-state index in [4.69, 9.17) is 0 Å². The molecule has 0 aromatic heterocycles. The second kappa shape index (κ2) is 7.17. The molecule has 0 aliphatic carbocycles. The number of nitrogens with zero attached hydrogens (tertiary/aromatic N) is 1. The first-order valence-corrected chi connectivity index (χ1v) is 7.03. The minimum atomic E-state index is -0.486. The molecule has 0 atom stereocenters. The zero-order chi connectivity index (χ0) is 16.0. The molecule has 0 heterocycles. The Hall–Kier alpha value is -1.95. The molecule has 0 aliphatic heterocycles. The van der Waals surface area contributed by atoms with E-state index in [9.17, 15) is 20.0 Å². The molecule has 0 saturated heterocycles. The van der Waals surface area contributed by atoms with Crippen LogP contribution in [-0.2, 0) is 0 Å². The van der Waals surface area contributed by atoms with Crippen LogP contribution in [-0.4, -0.2) is 29.1 Å². The lowest BCUT2D eigenvalue weighted by atomic mass is 9.83. The molecule has 1 aromatic rings. The molecule has 0 bridgehead atoms. The summed E-state index contributed by atoms with van der Waals surface area (Å²) in [6.45, 7) is 6.01. The molecule has 0 radical (unpaired) electrons. The topological polar surface area (TPSA) is 92.5 Å². The highest BCUT2D eigenvalue weighted by Gasteiger charge is 2.26. The number of hydrogen-bond acceptors (Lipinski definition) is 4. The third-order valence-corrected chi connectivity index (χ3v) is 4.12. The lowest BCUT2D eigenvalue weighted by molar-refractivity contribution is -0.384. The SMILES string of the molecule is CCC(CC)(CO)CNC(=O)c1ccc([N+](=O)[O-])cc1C. The van der Waals surface area contributed by atoms with Crippen molar-refractivity contribution >= 4 is 11.6 Å². The summed E-state index contributed by atoms with van der Waals surface area (Å²) in [6, 6.07) is 4.16. The van der Waals surface area contributed by atoms with Crippen LogP contribution in [0.3, 0.4) is 0 Å². The molecule has 0 spiro atoms. The Morgan fingerprint density at radius 2 is 2.00 bits per heavy atom. The third-order valence-electron chi connectivity index (χ3n) is 4.12. The fourth-order valence-corrected chi connectivity index (χ4v) is 2.16. The zero-order valence-electron chi connectivity index (χ0n) is 12.7. The van der Waals surface area contributed by atoms with Crippen molar-refractivity contribution in [3.05, 3.63) is 39.4 Å². The fourth-order valence-electron chi connectivity index (χ4n) is 2.16. The molecule has 0 fully saturated rings. The summed E-state index contributed by atoms with van der Waals surface area (Å²) in [7, 11) is 0. The van der Waals surface area contributed by atoms with Gasteiger partial charge in [0.1, 0.15) is 0 Å². The maximum Gasteiger partial charge on any atom is 0.269 e. The number of carbonyl (C=O) groups excluding carboxylic acids is 1. The molecule has 21 heavy (non-hydrogen) atoms. The second-order valence-electron chi connectivity index (χ2n) is 5.30. The Kier molecular flexibility index (Phi) is 5.84. The van der Waals surface area contributed by atoms with Gasteiger partial charge in [-0.05, 0) is 31.4 Å². The summed E-state index contributed by atoms with van der Waals surface area (Å²) in [5, 5.41) is 23.0. The number of aliphatic hydroxyl groups excluding tert-OH is 1. The molecule has 116 valence electrons. The van der Waals surface area contributed by atoms with Gasteiger partial charge in [0, 0.05) is 29.7 Å².